The largest absolute Gasteiger partial charge is 0.315 e. The molecule has 0 saturated heterocycles. The summed E-state index contributed by atoms with van der Waals surface area (Å²) in [7, 11) is 0. The molecular formula is C17H21N3O2. The van der Waals surface area contributed by atoms with E-state index in [-0.39, 0.29) is 17.9 Å². The Morgan fingerprint density at radius 3 is 2.45 bits per heavy atom. The highest BCUT2D eigenvalue weighted by atomic mass is 16.2. The van der Waals surface area contributed by atoms with Crippen LogP contribution in [0.3, 0.4) is 0 Å². The number of carbonyl (C=O) groups is 1. The quantitative estimate of drug-likeness (QED) is 0.833. The Hall–Kier alpha value is -2.56. The van der Waals surface area contributed by atoms with Crippen molar-refractivity contribution in [2.45, 2.75) is 33.7 Å². The minimum atomic E-state index is -0.157. The lowest BCUT2D eigenvalue weighted by molar-refractivity contribution is -0.120. The van der Waals surface area contributed by atoms with Crippen LogP contribution >= 0.6 is 0 Å². The molecule has 1 aromatic heterocycles. The van der Waals surface area contributed by atoms with Crippen LogP contribution in [0.5, 0.6) is 0 Å². The lowest BCUT2D eigenvalue weighted by atomic mass is 10.1. The van der Waals surface area contributed by atoms with Gasteiger partial charge in [-0.15, -0.1) is 0 Å². The van der Waals surface area contributed by atoms with E-state index in [2.05, 4.69) is 23.0 Å². The monoisotopic (exact) mass is 299 g/mol. The molecule has 0 aliphatic rings. The highest BCUT2D eigenvalue weighted by molar-refractivity contribution is 5.78. The average molecular weight is 299 g/mol. The summed E-state index contributed by atoms with van der Waals surface area (Å²) >= 11 is 0. The normalized spacial score (nSPS) is 10.3. The number of carbonyl (C=O) groups excluding carboxylic acids is 1. The van der Waals surface area contributed by atoms with Gasteiger partial charge >= 0.3 is 0 Å². The van der Waals surface area contributed by atoms with Gasteiger partial charge in [-0.05, 0) is 38.0 Å². The molecule has 2 rings (SSSR count). The van der Waals surface area contributed by atoms with Gasteiger partial charge in [0.05, 0.1) is 5.69 Å². The Labute approximate surface area is 130 Å². The zero-order valence-corrected chi connectivity index (χ0v) is 13.1. The molecule has 0 saturated carbocycles. The fourth-order valence-electron chi connectivity index (χ4n) is 2.44. The number of benzene rings is 1. The van der Waals surface area contributed by atoms with E-state index in [0.717, 1.165) is 16.8 Å². The van der Waals surface area contributed by atoms with E-state index >= 15 is 0 Å². The third-order valence-corrected chi connectivity index (χ3v) is 3.48. The fourth-order valence-corrected chi connectivity index (χ4v) is 2.44. The Morgan fingerprint density at radius 1 is 1.14 bits per heavy atom. The van der Waals surface area contributed by atoms with Gasteiger partial charge in [0, 0.05) is 25.2 Å². The van der Waals surface area contributed by atoms with Crippen molar-refractivity contribution in [1.29, 1.82) is 0 Å². The van der Waals surface area contributed by atoms with Crippen LogP contribution in [0.25, 0.3) is 0 Å². The molecule has 2 aromatic rings. The molecule has 1 aromatic carbocycles. The van der Waals surface area contributed by atoms with E-state index in [4.69, 9.17) is 0 Å². The Kier molecular flexibility index (Phi) is 4.99. The van der Waals surface area contributed by atoms with E-state index < -0.39 is 0 Å². The summed E-state index contributed by atoms with van der Waals surface area (Å²) in [6, 6.07) is 9.06. The number of hydrazine groups is 1. The third kappa shape index (κ3) is 3.97. The molecule has 5 nitrogen and oxygen atoms in total. The first-order valence-electron chi connectivity index (χ1n) is 7.25. The fraction of sp³-hybridized carbons (Fsp3) is 0.294. The number of aryl methyl sites for hydroxylation is 4. The summed E-state index contributed by atoms with van der Waals surface area (Å²) in [6.45, 7) is 6.40. The molecular weight excluding hydrogens is 278 g/mol. The van der Waals surface area contributed by atoms with Crippen LogP contribution in [0.4, 0.5) is 5.69 Å². The van der Waals surface area contributed by atoms with Crippen LogP contribution in [0.2, 0.25) is 0 Å². The van der Waals surface area contributed by atoms with Crippen molar-refractivity contribution in [3.05, 3.63) is 63.6 Å². The van der Waals surface area contributed by atoms with Crippen LogP contribution in [0, 0.1) is 20.8 Å². The molecule has 22 heavy (non-hydrogen) atoms. The summed E-state index contributed by atoms with van der Waals surface area (Å²) in [5.41, 5.74) is 9.82. The van der Waals surface area contributed by atoms with Gasteiger partial charge in [-0.3, -0.25) is 20.4 Å². The topological polar surface area (TPSA) is 63.1 Å². The highest BCUT2D eigenvalue weighted by Crippen LogP contribution is 2.20. The molecule has 0 fully saturated rings. The first-order chi connectivity index (χ1) is 10.5. The van der Waals surface area contributed by atoms with Crippen molar-refractivity contribution in [3.63, 3.8) is 0 Å². The second-order valence-corrected chi connectivity index (χ2v) is 5.43. The van der Waals surface area contributed by atoms with Crippen molar-refractivity contribution in [1.82, 2.24) is 9.99 Å². The minimum Gasteiger partial charge on any atom is -0.315 e. The van der Waals surface area contributed by atoms with E-state index in [9.17, 15) is 9.59 Å². The van der Waals surface area contributed by atoms with E-state index in [1.165, 1.54) is 16.2 Å². The second kappa shape index (κ2) is 6.93. The summed E-state index contributed by atoms with van der Waals surface area (Å²) in [5, 5.41) is 0. The van der Waals surface area contributed by atoms with Crippen LogP contribution in [-0.4, -0.2) is 10.5 Å². The maximum absolute atomic E-state index is 11.9. The van der Waals surface area contributed by atoms with Gasteiger partial charge in [-0.1, -0.05) is 23.8 Å². The van der Waals surface area contributed by atoms with E-state index in [1.807, 2.05) is 20.8 Å². The standard InChI is InChI=1S/C17H21N3O2/c1-12-10-13(2)17(14(3)11-12)19-18-15(21)7-9-20-8-5-4-6-16(20)22/h4-6,8,10-11,19H,7,9H2,1-3H3,(H,18,21). The van der Waals surface area contributed by atoms with Crippen molar-refractivity contribution in [2.24, 2.45) is 0 Å². The van der Waals surface area contributed by atoms with Crippen LogP contribution < -0.4 is 16.4 Å². The maximum Gasteiger partial charge on any atom is 0.250 e. The molecule has 116 valence electrons. The van der Waals surface area contributed by atoms with E-state index in [1.54, 1.807) is 18.3 Å². The third-order valence-electron chi connectivity index (χ3n) is 3.48. The number of aromatic nitrogens is 1. The zero-order valence-electron chi connectivity index (χ0n) is 13.1. The molecule has 1 heterocycles. The first-order valence-corrected chi connectivity index (χ1v) is 7.25. The Bertz CT molecular complexity index is 712. The number of pyridine rings is 1. The number of hydrogen-bond acceptors (Lipinski definition) is 3. The molecule has 1 amide bonds. The van der Waals surface area contributed by atoms with Crippen molar-refractivity contribution >= 4 is 11.6 Å². The Morgan fingerprint density at radius 2 is 1.82 bits per heavy atom. The molecule has 2 N–H and O–H groups in total. The van der Waals surface area contributed by atoms with Crippen LogP contribution in [0.15, 0.2) is 41.3 Å². The molecule has 0 spiro atoms. The van der Waals surface area contributed by atoms with E-state index in [0.29, 0.717) is 6.54 Å². The number of hydrogen-bond donors (Lipinski definition) is 2. The number of anilines is 1. The lowest BCUT2D eigenvalue weighted by Crippen LogP contribution is -2.31. The number of nitrogens with one attached hydrogen (secondary N) is 2. The van der Waals surface area contributed by atoms with Crippen molar-refractivity contribution < 1.29 is 4.79 Å². The van der Waals surface area contributed by atoms with Gasteiger partial charge in [0.2, 0.25) is 5.91 Å². The number of rotatable bonds is 5. The van der Waals surface area contributed by atoms with Crippen LogP contribution in [-0.2, 0) is 11.3 Å². The SMILES string of the molecule is Cc1cc(C)c(NNC(=O)CCn2ccccc2=O)c(C)c1. The highest BCUT2D eigenvalue weighted by Gasteiger charge is 2.06. The average Bonchev–Trinajstić information content (AvgIpc) is 2.45. The van der Waals surface area contributed by atoms with Gasteiger partial charge < -0.3 is 4.57 Å². The summed E-state index contributed by atoms with van der Waals surface area (Å²) < 4.78 is 1.52. The maximum atomic E-state index is 11.9. The predicted molar refractivity (Wildman–Crippen MR) is 87.7 cm³/mol. The van der Waals surface area contributed by atoms with Gasteiger partial charge in [-0.2, -0.15) is 0 Å². The molecule has 0 bridgehead atoms. The van der Waals surface area contributed by atoms with Gasteiger partial charge in [0.25, 0.3) is 5.56 Å². The number of nitrogens with zero attached hydrogens (tertiary/aromatic N) is 1. The van der Waals surface area contributed by atoms with Crippen LogP contribution in [0.1, 0.15) is 23.1 Å². The smallest absolute Gasteiger partial charge is 0.250 e. The first kappa shape index (κ1) is 15.8. The number of amides is 1. The molecule has 0 radical (unpaired) electrons. The Balaban J connectivity index is 1.91. The van der Waals surface area contributed by atoms with Gasteiger partial charge in [-0.25, -0.2) is 0 Å². The van der Waals surface area contributed by atoms with Gasteiger partial charge in [0.15, 0.2) is 0 Å². The zero-order chi connectivity index (χ0) is 16.1. The molecule has 0 aliphatic heterocycles. The summed E-state index contributed by atoms with van der Waals surface area (Å²) in [6.07, 6.45) is 1.91. The summed E-state index contributed by atoms with van der Waals surface area (Å²) in [5.74, 6) is -0.157. The molecule has 0 atom stereocenters. The summed E-state index contributed by atoms with van der Waals surface area (Å²) in [4.78, 5) is 23.4. The predicted octanol–water partition coefficient (Wildman–Crippen LogP) is 2.31. The van der Waals surface area contributed by atoms with Gasteiger partial charge in [0.1, 0.15) is 0 Å². The molecule has 0 aliphatic carbocycles. The molecule has 5 heteroatoms. The molecule has 0 unspecified atom stereocenters. The lowest BCUT2D eigenvalue weighted by Gasteiger charge is -2.14. The van der Waals surface area contributed by atoms with Crippen molar-refractivity contribution in [2.75, 3.05) is 5.43 Å². The minimum absolute atomic E-state index is 0.103. The van der Waals surface area contributed by atoms with Crippen molar-refractivity contribution in [3.8, 4) is 0 Å². The second-order valence-electron chi connectivity index (χ2n) is 5.43.